The largest absolute Gasteiger partial charge is 0.383 e. The lowest BCUT2D eigenvalue weighted by Crippen LogP contribution is -2.25. The number of nitrogens with two attached hydrogens (primary N) is 1. The monoisotopic (exact) mass is 257 g/mol. The second kappa shape index (κ2) is 6.00. The summed E-state index contributed by atoms with van der Waals surface area (Å²) in [7, 11) is -3.36. The van der Waals surface area contributed by atoms with Crippen LogP contribution in [0, 0.1) is 0 Å². The number of rotatable bonds is 6. The Labute approximate surface area is 102 Å². The van der Waals surface area contributed by atoms with Crippen LogP contribution in [0.2, 0.25) is 0 Å². The topological polar surface area (TPSA) is 84.2 Å². The molecule has 17 heavy (non-hydrogen) atoms. The summed E-state index contributed by atoms with van der Waals surface area (Å²) in [6.07, 6.45) is 0. The Morgan fingerprint density at radius 1 is 1.29 bits per heavy atom. The van der Waals surface area contributed by atoms with Gasteiger partial charge in [0, 0.05) is 24.8 Å². The normalized spacial score (nSPS) is 13.4. The summed E-state index contributed by atoms with van der Waals surface area (Å²) in [5.41, 5.74) is 6.47. The first kappa shape index (κ1) is 14.0. The van der Waals surface area contributed by atoms with Gasteiger partial charge in [-0.15, -0.1) is 0 Å². The van der Waals surface area contributed by atoms with E-state index in [1.54, 1.807) is 31.2 Å². The van der Waals surface area contributed by atoms with Gasteiger partial charge in [0.1, 0.15) is 0 Å². The minimum atomic E-state index is -3.36. The zero-order valence-electron chi connectivity index (χ0n) is 10.1. The van der Waals surface area contributed by atoms with E-state index >= 15 is 0 Å². The van der Waals surface area contributed by atoms with Crippen LogP contribution in [0.4, 0.5) is 5.69 Å². The van der Waals surface area contributed by atoms with E-state index in [0.717, 1.165) is 5.69 Å². The number of hydrogen-bond acceptors (Lipinski definition) is 4. The van der Waals surface area contributed by atoms with Crippen LogP contribution in [0.25, 0.3) is 0 Å². The highest BCUT2D eigenvalue weighted by Gasteiger charge is 2.11. The molecule has 1 aromatic rings. The highest BCUT2D eigenvalue weighted by Crippen LogP contribution is 2.13. The summed E-state index contributed by atoms with van der Waals surface area (Å²) in [5, 5.41) is 3.11. The van der Waals surface area contributed by atoms with Gasteiger partial charge in [-0.05, 0) is 31.2 Å². The second-order valence-corrected chi connectivity index (χ2v) is 5.65. The fourth-order valence-corrected chi connectivity index (χ4v) is 2.35. The lowest BCUT2D eigenvalue weighted by Gasteiger charge is -2.10. The van der Waals surface area contributed by atoms with E-state index in [9.17, 15) is 8.42 Å². The Morgan fingerprint density at radius 3 is 2.35 bits per heavy atom. The van der Waals surface area contributed by atoms with Gasteiger partial charge in [-0.25, -0.2) is 13.1 Å². The molecular weight excluding hydrogens is 238 g/mol. The van der Waals surface area contributed by atoms with E-state index in [1.165, 1.54) is 0 Å². The molecule has 0 radical (unpaired) electrons. The summed E-state index contributed by atoms with van der Waals surface area (Å²) < 4.78 is 25.8. The third-order valence-corrected chi connectivity index (χ3v) is 3.69. The van der Waals surface area contributed by atoms with Crippen molar-refractivity contribution >= 4 is 15.7 Å². The predicted octanol–water partition coefficient (Wildman–Crippen LogP) is 0.744. The van der Waals surface area contributed by atoms with Crippen molar-refractivity contribution in [3.63, 3.8) is 0 Å². The first-order valence-electron chi connectivity index (χ1n) is 5.55. The van der Waals surface area contributed by atoms with Crippen LogP contribution >= 0.6 is 0 Å². The zero-order valence-corrected chi connectivity index (χ0v) is 10.9. The fraction of sp³-hybridized carbons (Fsp3) is 0.455. The molecule has 5 nitrogen and oxygen atoms in total. The molecule has 1 unspecified atom stereocenters. The average Bonchev–Trinajstić information content (AvgIpc) is 2.27. The van der Waals surface area contributed by atoms with E-state index in [4.69, 9.17) is 5.73 Å². The van der Waals surface area contributed by atoms with Gasteiger partial charge in [0.15, 0.2) is 0 Å². The smallest absolute Gasteiger partial charge is 0.240 e. The number of sulfonamides is 1. The minimum Gasteiger partial charge on any atom is -0.383 e. The van der Waals surface area contributed by atoms with Crippen LogP contribution < -0.4 is 15.8 Å². The standard InChI is InChI=1S/C11H19N3O2S/c1-3-14-17(15,16)11-6-4-10(5-7-11)13-8-9(2)12/h4-7,9,13-14H,3,8,12H2,1-2H3. The van der Waals surface area contributed by atoms with Crippen molar-refractivity contribution in [3.05, 3.63) is 24.3 Å². The van der Waals surface area contributed by atoms with Crippen LogP contribution in [0.1, 0.15) is 13.8 Å². The third kappa shape index (κ3) is 4.33. The molecule has 1 atom stereocenters. The van der Waals surface area contributed by atoms with E-state index in [2.05, 4.69) is 10.0 Å². The molecule has 0 aromatic heterocycles. The molecule has 0 fully saturated rings. The molecule has 0 heterocycles. The van der Waals surface area contributed by atoms with E-state index in [0.29, 0.717) is 13.1 Å². The molecule has 0 amide bonds. The molecule has 4 N–H and O–H groups in total. The predicted molar refractivity (Wildman–Crippen MR) is 69.4 cm³/mol. The maximum atomic E-state index is 11.7. The van der Waals surface area contributed by atoms with Crippen LogP contribution in [-0.4, -0.2) is 27.5 Å². The Bertz CT molecular complexity index is 440. The van der Waals surface area contributed by atoms with Gasteiger partial charge < -0.3 is 11.1 Å². The van der Waals surface area contributed by atoms with Gasteiger partial charge in [0.2, 0.25) is 10.0 Å². The van der Waals surface area contributed by atoms with Gasteiger partial charge >= 0.3 is 0 Å². The van der Waals surface area contributed by atoms with Gasteiger partial charge in [0.05, 0.1) is 4.90 Å². The van der Waals surface area contributed by atoms with Crippen LogP contribution in [-0.2, 0) is 10.0 Å². The fourth-order valence-electron chi connectivity index (χ4n) is 1.30. The van der Waals surface area contributed by atoms with Crippen molar-refractivity contribution in [3.8, 4) is 0 Å². The lowest BCUT2D eigenvalue weighted by atomic mass is 10.3. The average molecular weight is 257 g/mol. The summed E-state index contributed by atoms with van der Waals surface area (Å²) in [5.74, 6) is 0. The highest BCUT2D eigenvalue weighted by molar-refractivity contribution is 7.89. The van der Waals surface area contributed by atoms with E-state index in [1.807, 2.05) is 6.92 Å². The lowest BCUT2D eigenvalue weighted by molar-refractivity contribution is 0.584. The molecule has 1 rings (SSSR count). The van der Waals surface area contributed by atoms with Crippen LogP contribution in [0.15, 0.2) is 29.2 Å². The van der Waals surface area contributed by atoms with Crippen molar-refractivity contribution in [2.45, 2.75) is 24.8 Å². The Hall–Kier alpha value is -1.11. The Balaban J connectivity index is 2.74. The van der Waals surface area contributed by atoms with Gasteiger partial charge in [-0.2, -0.15) is 0 Å². The molecule has 6 heteroatoms. The van der Waals surface area contributed by atoms with Crippen molar-refractivity contribution in [2.75, 3.05) is 18.4 Å². The highest BCUT2D eigenvalue weighted by atomic mass is 32.2. The maximum absolute atomic E-state index is 11.7. The van der Waals surface area contributed by atoms with E-state index in [-0.39, 0.29) is 10.9 Å². The molecule has 0 aliphatic rings. The number of anilines is 1. The number of nitrogens with one attached hydrogen (secondary N) is 2. The van der Waals surface area contributed by atoms with Gasteiger partial charge in [-0.1, -0.05) is 6.92 Å². The maximum Gasteiger partial charge on any atom is 0.240 e. The molecule has 0 saturated carbocycles. The Morgan fingerprint density at radius 2 is 1.88 bits per heavy atom. The zero-order chi connectivity index (χ0) is 12.9. The van der Waals surface area contributed by atoms with E-state index < -0.39 is 10.0 Å². The summed E-state index contributed by atoms with van der Waals surface area (Å²) >= 11 is 0. The summed E-state index contributed by atoms with van der Waals surface area (Å²) in [6, 6.07) is 6.66. The molecular formula is C11H19N3O2S. The second-order valence-electron chi connectivity index (χ2n) is 3.88. The SMILES string of the molecule is CCNS(=O)(=O)c1ccc(NCC(C)N)cc1. The molecule has 1 aromatic carbocycles. The quantitative estimate of drug-likeness (QED) is 0.702. The van der Waals surface area contributed by atoms with Crippen LogP contribution in [0.5, 0.6) is 0 Å². The molecule has 0 saturated heterocycles. The molecule has 96 valence electrons. The molecule has 0 bridgehead atoms. The van der Waals surface area contributed by atoms with Gasteiger partial charge in [-0.3, -0.25) is 0 Å². The van der Waals surface area contributed by atoms with Crippen molar-refractivity contribution in [2.24, 2.45) is 5.73 Å². The Kier molecular flexibility index (Phi) is 4.92. The van der Waals surface area contributed by atoms with Crippen molar-refractivity contribution in [1.29, 1.82) is 0 Å². The molecule has 0 aliphatic heterocycles. The third-order valence-electron chi connectivity index (χ3n) is 2.13. The van der Waals surface area contributed by atoms with Crippen molar-refractivity contribution in [1.82, 2.24) is 4.72 Å². The summed E-state index contributed by atoms with van der Waals surface area (Å²) in [6.45, 7) is 4.68. The van der Waals surface area contributed by atoms with Gasteiger partial charge in [0.25, 0.3) is 0 Å². The number of benzene rings is 1. The first-order valence-corrected chi connectivity index (χ1v) is 7.03. The minimum absolute atomic E-state index is 0.0557. The van der Waals surface area contributed by atoms with Crippen molar-refractivity contribution < 1.29 is 8.42 Å². The summed E-state index contributed by atoms with van der Waals surface area (Å²) in [4.78, 5) is 0.269. The number of hydrogen-bond donors (Lipinski definition) is 3. The first-order chi connectivity index (χ1) is 7.95. The molecule has 0 spiro atoms. The van der Waals surface area contributed by atoms with Crippen LogP contribution in [0.3, 0.4) is 0 Å². The molecule has 0 aliphatic carbocycles.